The number of aromatic nitrogens is 2. The van der Waals surface area contributed by atoms with Crippen LogP contribution in [0.25, 0.3) is 11.1 Å². The van der Waals surface area contributed by atoms with E-state index in [1.807, 2.05) is 18.2 Å². The Kier molecular flexibility index (Phi) is 7.56. The van der Waals surface area contributed by atoms with E-state index >= 15 is 0 Å². The zero-order chi connectivity index (χ0) is 30.6. The fourth-order valence-electron chi connectivity index (χ4n) is 7.38. The molecule has 0 bridgehead atoms. The maximum Gasteiger partial charge on any atom is 0.433 e. The van der Waals surface area contributed by atoms with Gasteiger partial charge in [0.05, 0.1) is 19.3 Å². The van der Waals surface area contributed by atoms with Crippen molar-refractivity contribution in [1.82, 2.24) is 14.7 Å². The van der Waals surface area contributed by atoms with Crippen LogP contribution in [0, 0.1) is 11.3 Å². The Morgan fingerprint density at radius 3 is 2.45 bits per heavy atom. The third-order valence-corrected chi connectivity index (χ3v) is 10.4. The van der Waals surface area contributed by atoms with Gasteiger partial charge in [-0.25, -0.2) is 4.79 Å². The molecule has 0 radical (unpaired) electrons. The summed E-state index contributed by atoms with van der Waals surface area (Å²) >= 11 is 6.45. The molecule has 0 amide bonds. The van der Waals surface area contributed by atoms with Crippen molar-refractivity contribution in [2.45, 2.75) is 44.3 Å². The molecule has 44 heavy (non-hydrogen) atoms. The van der Waals surface area contributed by atoms with Crippen molar-refractivity contribution in [2.75, 3.05) is 62.7 Å². The van der Waals surface area contributed by atoms with E-state index in [1.54, 1.807) is 0 Å². The van der Waals surface area contributed by atoms with E-state index in [0.717, 1.165) is 72.3 Å². The van der Waals surface area contributed by atoms with Crippen LogP contribution >= 0.6 is 11.6 Å². The topological polar surface area (TPSA) is 53.8 Å². The first-order valence-corrected chi connectivity index (χ1v) is 15.9. The fourth-order valence-corrected chi connectivity index (χ4v) is 7.55. The summed E-state index contributed by atoms with van der Waals surface area (Å²) < 4.78 is 47.9. The predicted molar refractivity (Wildman–Crippen MR) is 164 cm³/mol. The van der Waals surface area contributed by atoms with Gasteiger partial charge in [-0.05, 0) is 73.3 Å². The van der Waals surface area contributed by atoms with Gasteiger partial charge in [-0.15, -0.1) is 0 Å². The minimum absolute atomic E-state index is 0.295. The van der Waals surface area contributed by atoms with Gasteiger partial charge in [-0.2, -0.15) is 18.3 Å². The van der Waals surface area contributed by atoms with E-state index < -0.39 is 29.4 Å². The summed E-state index contributed by atoms with van der Waals surface area (Å²) in [7, 11) is 1.06. The lowest BCUT2D eigenvalue weighted by molar-refractivity contribution is -0.145. The van der Waals surface area contributed by atoms with Crippen molar-refractivity contribution in [3.8, 4) is 11.1 Å². The zero-order valence-corrected chi connectivity index (χ0v) is 25.6. The Labute approximate surface area is 260 Å². The van der Waals surface area contributed by atoms with Crippen LogP contribution in [0.1, 0.15) is 54.2 Å². The number of carbonyl (C=O) groups is 1. The van der Waals surface area contributed by atoms with E-state index in [4.69, 9.17) is 11.6 Å². The third-order valence-electron chi connectivity index (χ3n) is 10.2. The number of methoxy groups -OCH3 is 1. The Morgan fingerprint density at radius 1 is 1.05 bits per heavy atom. The molecule has 1 spiro atoms. The number of anilines is 2. The number of hydrogen-bond donors (Lipinski definition) is 0. The van der Waals surface area contributed by atoms with Crippen molar-refractivity contribution < 1.29 is 22.7 Å². The van der Waals surface area contributed by atoms with Crippen LogP contribution in [0.5, 0.6) is 0 Å². The van der Waals surface area contributed by atoms with Gasteiger partial charge in [0.15, 0.2) is 5.69 Å². The highest BCUT2D eigenvalue weighted by Crippen LogP contribution is 2.70. The highest BCUT2D eigenvalue weighted by Gasteiger charge is 2.62. The normalized spacial score (nSPS) is 23.2. The zero-order valence-electron chi connectivity index (χ0n) is 24.8. The highest BCUT2D eigenvalue weighted by molar-refractivity contribution is 6.31. The number of halogens is 4. The molecule has 234 valence electrons. The minimum Gasteiger partial charge on any atom is -0.465 e. The number of ether oxygens (including phenoxy) is 1. The lowest BCUT2D eigenvalue weighted by Crippen LogP contribution is -2.47. The molecule has 3 heterocycles. The fraction of sp³-hybridized carbons (Fsp3) is 0.515. The molecule has 2 unspecified atom stereocenters. The van der Waals surface area contributed by atoms with Crippen LogP contribution in [0.15, 0.2) is 48.7 Å². The quantitative estimate of drug-likeness (QED) is 0.270. The summed E-state index contributed by atoms with van der Waals surface area (Å²) in [5.74, 6) is -0.121. The first kappa shape index (κ1) is 29.5. The van der Waals surface area contributed by atoms with Gasteiger partial charge in [0.1, 0.15) is 5.56 Å². The highest BCUT2D eigenvalue weighted by atomic mass is 35.5. The SMILES string of the molecule is COC(=O)c1cnn(C2CCCN(c3cc(Cl)ccc3-c3ccc(N4CCN(CC5CC56CC6)CC4)cc3)C2)c1C(F)(F)F. The molecule has 0 N–H and O–H groups in total. The van der Waals surface area contributed by atoms with Gasteiger partial charge in [0.2, 0.25) is 0 Å². The summed E-state index contributed by atoms with van der Waals surface area (Å²) in [4.78, 5) is 19.3. The van der Waals surface area contributed by atoms with Crippen LogP contribution in [0.3, 0.4) is 0 Å². The monoisotopic (exact) mass is 627 g/mol. The number of benzene rings is 2. The smallest absolute Gasteiger partial charge is 0.433 e. The van der Waals surface area contributed by atoms with E-state index in [-0.39, 0.29) is 0 Å². The van der Waals surface area contributed by atoms with Gasteiger partial charge in [-0.1, -0.05) is 29.8 Å². The van der Waals surface area contributed by atoms with Crippen LogP contribution in [0.4, 0.5) is 24.5 Å². The molecular formula is C33H37ClF3N5O2. The first-order chi connectivity index (χ1) is 21.1. The molecule has 4 aliphatic rings. The molecule has 2 aliphatic carbocycles. The average molecular weight is 628 g/mol. The molecule has 2 aromatic carbocycles. The van der Waals surface area contributed by atoms with Crippen molar-refractivity contribution in [3.63, 3.8) is 0 Å². The Bertz CT molecular complexity index is 1530. The molecule has 2 aliphatic heterocycles. The average Bonchev–Trinajstić information content (AvgIpc) is 3.90. The van der Waals surface area contributed by atoms with Crippen LogP contribution in [-0.4, -0.2) is 73.6 Å². The molecule has 1 aromatic heterocycles. The maximum absolute atomic E-state index is 14.1. The van der Waals surface area contributed by atoms with E-state index in [1.165, 1.54) is 31.5 Å². The molecule has 7 rings (SSSR count). The summed E-state index contributed by atoms with van der Waals surface area (Å²) in [5.41, 5.74) is 3.17. The Morgan fingerprint density at radius 2 is 1.80 bits per heavy atom. The standard InChI is InChI=1S/C33H37ClF3N5O2/c1-44-31(43)28-19-38-42(30(28)33(35,36)37)26-3-2-12-41(21-26)29-17-24(34)6-9-27(29)22-4-7-25(8-5-22)40-15-13-39(14-16-40)20-23-18-32(23)10-11-32/h4-9,17,19,23,26H,2-3,10-16,18,20-21H2,1H3. The van der Waals surface area contributed by atoms with Crippen LogP contribution in [-0.2, 0) is 10.9 Å². The summed E-state index contributed by atoms with van der Waals surface area (Å²) in [6.07, 6.45) is 1.69. The second kappa shape index (κ2) is 11.3. The number of rotatable bonds is 7. The number of alkyl halides is 3. The van der Waals surface area contributed by atoms with Crippen LogP contribution < -0.4 is 9.80 Å². The molecule has 2 saturated carbocycles. The van der Waals surface area contributed by atoms with Gasteiger partial charge in [0.25, 0.3) is 0 Å². The van der Waals surface area contributed by atoms with Crippen LogP contribution in [0.2, 0.25) is 5.02 Å². The van der Waals surface area contributed by atoms with Gasteiger partial charge >= 0.3 is 12.1 Å². The van der Waals surface area contributed by atoms with Gasteiger partial charge in [-0.3, -0.25) is 9.58 Å². The van der Waals surface area contributed by atoms with Crippen molar-refractivity contribution in [3.05, 3.63) is 64.9 Å². The number of hydrogen-bond acceptors (Lipinski definition) is 6. The number of carbonyl (C=O) groups excluding carboxylic acids is 1. The lowest BCUT2D eigenvalue weighted by Gasteiger charge is -2.37. The van der Waals surface area contributed by atoms with Crippen molar-refractivity contribution in [2.24, 2.45) is 11.3 Å². The molecule has 7 nitrogen and oxygen atoms in total. The summed E-state index contributed by atoms with van der Waals surface area (Å²) in [6, 6.07) is 13.7. The number of nitrogens with zero attached hydrogens (tertiary/aromatic N) is 5. The molecular weight excluding hydrogens is 591 g/mol. The van der Waals surface area contributed by atoms with Crippen molar-refractivity contribution >= 4 is 28.9 Å². The molecule has 2 atom stereocenters. The predicted octanol–water partition coefficient (Wildman–Crippen LogP) is 6.77. The van der Waals surface area contributed by atoms with E-state index in [9.17, 15) is 18.0 Å². The Hall–Kier alpha value is -3.24. The molecule has 4 fully saturated rings. The third kappa shape index (κ3) is 5.67. The molecule has 11 heteroatoms. The first-order valence-electron chi connectivity index (χ1n) is 15.5. The second-order valence-corrected chi connectivity index (χ2v) is 13.3. The lowest BCUT2D eigenvalue weighted by atomic mass is 9.99. The molecule has 3 aromatic rings. The number of esters is 1. The summed E-state index contributed by atoms with van der Waals surface area (Å²) in [5, 5.41) is 4.58. The minimum atomic E-state index is -4.76. The maximum atomic E-state index is 14.1. The van der Waals surface area contributed by atoms with E-state index in [0.29, 0.717) is 31.0 Å². The van der Waals surface area contributed by atoms with Gasteiger partial charge in [0, 0.05) is 67.8 Å². The van der Waals surface area contributed by atoms with Crippen molar-refractivity contribution in [1.29, 1.82) is 0 Å². The number of piperazine rings is 1. The van der Waals surface area contributed by atoms with E-state index in [2.05, 4.69) is 48.8 Å². The molecule has 2 saturated heterocycles. The second-order valence-electron chi connectivity index (χ2n) is 12.8. The Balaban J connectivity index is 1.07. The summed E-state index contributed by atoms with van der Waals surface area (Å²) in [6.45, 7) is 6.45. The number of piperidine rings is 1. The largest absolute Gasteiger partial charge is 0.465 e. The van der Waals surface area contributed by atoms with Gasteiger partial charge < -0.3 is 14.5 Å².